The topological polar surface area (TPSA) is 71.1 Å². The molecule has 0 bridgehead atoms. The van der Waals surface area contributed by atoms with E-state index in [1.165, 1.54) is 0 Å². The second-order valence-electron chi connectivity index (χ2n) is 10.1. The summed E-state index contributed by atoms with van der Waals surface area (Å²) in [6.07, 6.45) is 8.90. The standard InChI is InChI=1S/C32H39N3O4S/c1-4-6-18-32(19-7-5-2)23-34(25-14-10-8-11-15-25)27-20-30(40-3)29(21-28(27)39-33-32)38-22-31(37)35(24-36)26-16-12-9-13-17-26/h8-17,20-21,24,33H,4-7,18-19,22-23H2,1-3H3. The van der Waals surface area contributed by atoms with E-state index in [1.807, 2.05) is 24.5 Å². The number of rotatable bonds is 13. The summed E-state index contributed by atoms with van der Waals surface area (Å²) in [5, 5.41) is 0. The minimum Gasteiger partial charge on any atom is -0.482 e. The van der Waals surface area contributed by atoms with Gasteiger partial charge in [0.05, 0.1) is 21.8 Å². The lowest BCUT2D eigenvalue weighted by Gasteiger charge is -2.36. The maximum Gasteiger partial charge on any atom is 0.271 e. The molecule has 3 aromatic carbocycles. The monoisotopic (exact) mass is 561 g/mol. The molecule has 1 heterocycles. The molecule has 0 spiro atoms. The van der Waals surface area contributed by atoms with Gasteiger partial charge in [0.15, 0.2) is 12.4 Å². The molecule has 212 valence electrons. The highest BCUT2D eigenvalue weighted by Gasteiger charge is 2.37. The molecule has 0 fully saturated rings. The van der Waals surface area contributed by atoms with Crippen molar-refractivity contribution < 1.29 is 19.2 Å². The first-order valence-corrected chi connectivity index (χ1v) is 15.2. The molecular formula is C32H39N3O4S. The van der Waals surface area contributed by atoms with E-state index < -0.39 is 5.91 Å². The lowest BCUT2D eigenvalue weighted by atomic mass is 9.87. The highest BCUT2D eigenvalue weighted by atomic mass is 32.2. The van der Waals surface area contributed by atoms with E-state index in [4.69, 9.17) is 9.57 Å². The summed E-state index contributed by atoms with van der Waals surface area (Å²) in [6, 6.07) is 23.1. The van der Waals surface area contributed by atoms with Gasteiger partial charge in [-0.1, -0.05) is 75.9 Å². The van der Waals surface area contributed by atoms with Crippen LogP contribution >= 0.6 is 11.8 Å². The van der Waals surface area contributed by atoms with Crippen molar-refractivity contribution in [2.75, 3.05) is 29.2 Å². The van der Waals surface area contributed by atoms with Gasteiger partial charge in [-0.3, -0.25) is 14.5 Å². The molecule has 0 aromatic heterocycles. The van der Waals surface area contributed by atoms with Crippen molar-refractivity contribution in [1.29, 1.82) is 0 Å². The Kier molecular flexibility index (Phi) is 10.5. The van der Waals surface area contributed by atoms with E-state index in [2.05, 4.69) is 54.6 Å². The van der Waals surface area contributed by atoms with Gasteiger partial charge in [0.25, 0.3) is 5.91 Å². The number of unbranched alkanes of at least 4 members (excludes halogenated alkanes) is 2. The van der Waals surface area contributed by atoms with Gasteiger partial charge >= 0.3 is 0 Å². The van der Waals surface area contributed by atoms with Crippen LogP contribution in [0.2, 0.25) is 0 Å². The third-order valence-electron chi connectivity index (χ3n) is 7.22. The number of hydrogen-bond donors (Lipinski definition) is 1. The van der Waals surface area contributed by atoms with Gasteiger partial charge in [0, 0.05) is 18.3 Å². The number of carbonyl (C=O) groups is 2. The Morgan fingerprint density at radius 3 is 2.30 bits per heavy atom. The minimum atomic E-state index is -0.453. The number of hydroxylamine groups is 1. The number of nitrogens with zero attached hydrogens (tertiary/aromatic N) is 2. The quantitative estimate of drug-likeness (QED) is 0.176. The average molecular weight is 562 g/mol. The van der Waals surface area contributed by atoms with Crippen molar-refractivity contribution in [3.8, 4) is 11.5 Å². The molecule has 0 atom stereocenters. The molecule has 0 saturated heterocycles. The van der Waals surface area contributed by atoms with Crippen molar-refractivity contribution in [3.63, 3.8) is 0 Å². The normalized spacial score (nSPS) is 14.0. The number of imide groups is 1. The average Bonchev–Trinajstić information content (AvgIpc) is 3.16. The van der Waals surface area contributed by atoms with Gasteiger partial charge in [-0.25, -0.2) is 0 Å². The van der Waals surface area contributed by atoms with Gasteiger partial charge in [0.1, 0.15) is 5.75 Å². The van der Waals surface area contributed by atoms with Crippen LogP contribution in [0.3, 0.4) is 0 Å². The first-order valence-electron chi connectivity index (χ1n) is 14.0. The van der Waals surface area contributed by atoms with Crippen molar-refractivity contribution in [3.05, 3.63) is 72.8 Å². The van der Waals surface area contributed by atoms with Crippen LogP contribution in [-0.4, -0.2) is 37.3 Å². The van der Waals surface area contributed by atoms with Gasteiger partial charge in [0.2, 0.25) is 6.41 Å². The van der Waals surface area contributed by atoms with E-state index in [0.717, 1.165) is 66.2 Å². The molecule has 0 radical (unpaired) electrons. The summed E-state index contributed by atoms with van der Waals surface area (Å²) in [5.41, 5.74) is 5.78. The van der Waals surface area contributed by atoms with Crippen LogP contribution in [0.1, 0.15) is 52.4 Å². The third-order valence-corrected chi connectivity index (χ3v) is 7.98. The SMILES string of the molecule is CCCCC1(CCCC)CN(c2ccccc2)c2cc(SC)c(OCC(=O)N(C=O)c3ccccc3)cc2ON1. The lowest BCUT2D eigenvalue weighted by molar-refractivity contribution is -0.123. The molecular weight excluding hydrogens is 522 g/mol. The summed E-state index contributed by atoms with van der Waals surface area (Å²) >= 11 is 1.54. The van der Waals surface area contributed by atoms with Crippen LogP contribution in [0, 0.1) is 0 Å². The van der Waals surface area contributed by atoms with Crippen molar-refractivity contribution in [2.24, 2.45) is 0 Å². The number of thioether (sulfide) groups is 1. The minimum absolute atomic E-state index is 0.225. The number of carbonyl (C=O) groups excluding carboxylic acids is 2. The van der Waals surface area contributed by atoms with Crippen LogP contribution in [-0.2, 0) is 9.59 Å². The fourth-order valence-corrected chi connectivity index (χ4v) is 5.54. The van der Waals surface area contributed by atoms with E-state index in [9.17, 15) is 9.59 Å². The molecule has 1 aliphatic rings. The first kappa shape index (κ1) is 29.5. The van der Waals surface area contributed by atoms with Gasteiger partial charge in [-0.2, -0.15) is 0 Å². The molecule has 1 N–H and O–H groups in total. The second-order valence-corrected chi connectivity index (χ2v) is 10.9. The zero-order valence-corrected chi connectivity index (χ0v) is 24.4. The fourth-order valence-electron chi connectivity index (χ4n) is 4.99. The summed E-state index contributed by atoms with van der Waals surface area (Å²) in [6.45, 7) is 4.91. The molecule has 8 heteroatoms. The zero-order chi connectivity index (χ0) is 28.4. The predicted molar refractivity (Wildman–Crippen MR) is 163 cm³/mol. The lowest BCUT2D eigenvalue weighted by Crippen LogP contribution is -2.52. The number of ether oxygens (including phenoxy) is 1. The van der Waals surface area contributed by atoms with Crippen molar-refractivity contribution in [1.82, 2.24) is 5.48 Å². The smallest absolute Gasteiger partial charge is 0.271 e. The molecule has 2 amide bonds. The molecule has 0 unspecified atom stereocenters. The Balaban J connectivity index is 1.67. The number of fused-ring (bicyclic) bond motifs is 1. The molecule has 4 rings (SSSR count). The number of amides is 2. The van der Waals surface area contributed by atoms with Crippen molar-refractivity contribution >= 4 is 41.1 Å². The Bertz CT molecular complexity index is 1250. The number of hydrogen-bond acceptors (Lipinski definition) is 7. The Morgan fingerprint density at radius 2 is 1.70 bits per heavy atom. The fraction of sp³-hybridized carbons (Fsp3) is 0.375. The van der Waals surface area contributed by atoms with E-state index in [0.29, 0.717) is 23.6 Å². The number of anilines is 3. The number of para-hydroxylation sites is 2. The van der Waals surface area contributed by atoms with E-state index in [-0.39, 0.29) is 12.1 Å². The van der Waals surface area contributed by atoms with Crippen LogP contribution in [0.25, 0.3) is 0 Å². The Hall–Kier alpha value is -3.49. The van der Waals surface area contributed by atoms with Crippen LogP contribution in [0.4, 0.5) is 17.1 Å². The summed E-state index contributed by atoms with van der Waals surface area (Å²) < 4.78 is 6.03. The summed E-state index contributed by atoms with van der Waals surface area (Å²) in [4.78, 5) is 35.3. The molecule has 1 aliphatic heterocycles. The zero-order valence-electron chi connectivity index (χ0n) is 23.6. The third kappa shape index (κ3) is 6.98. The Morgan fingerprint density at radius 1 is 1.05 bits per heavy atom. The van der Waals surface area contributed by atoms with Crippen molar-refractivity contribution in [2.45, 2.75) is 62.8 Å². The molecule has 0 saturated carbocycles. The largest absolute Gasteiger partial charge is 0.482 e. The number of benzene rings is 3. The molecule has 7 nitrogen and oxygen atoms in total. The predicted octanol–water partition coefficient (Wildman–Crippen LogP) is 7.13. The first-order chi connectivity index (χ1) is 19.5. The van der Waals surface area contributed by atoms with Crippen LogP contribution in [0.15, 0.2) is 77.7 Å². The maximum atomic E-state index is 12.9. The summed E-state index contributed by atoms with van der Waals surface area (Å²) in [7, 11) is 0. The highest BCUT2D eigenvalue weighted by Crippen LogP contribution is 2.45. The van der Waals surface area contributed by atoms with Gasteiger partial charge in [-0.15, -0.1) is 17.2 Å². The number of nitrogens with one attached hydrogen (secondary N) is 1. The maximum absolute atomic E-state index is 12.9. The second kappa shape index (κ2) is 14.2. The molecule has 3 aromatic rings. The van der Waals surface area contributed by atoms with E-state index in [1.54, 1.807) is 36.0 Å². The van der Waals surface area contributed by atoms with Crippen LogP contribution in [0.5, 0.6) is 11.5 Å². The summed E-state index contributed by atoms with van der Waals surface area (Å²) in [5.74, 6) is 0.712. The highest BCUT2D eigenvalue weighted by molar-refractivity contribution is 7.98. The molecule has 40 heavy (non-hydrogen) atoms. The van der Waals surface area contributed by atoms with Gasteiger partial charge < -0.3 is 14.5 Å². The van der Waals surface area contributed by atoms with E-state index >= 15 is 0 Å². The van der Waals surface area contributed by atoms with Gasteiger partial charge in [-0.05, 0) is 49.4 Å². The molecule has 0 aliphatic carbocycles. The van der Waals surface area contributed by atoms with Crippen LogP contribution < -0.4 is 24.9 Å². The Labute approximate surface area is 241 Å².